The van der Waals surface area contributed by atoms with Crippen LogP contribution in [0.3, 0.4) is 0 Å². The van der Waals surface area contributed by atoms with Gasteiger partial charge in [0, 0.05) is 31.1 Å². The average molecular weight is 949 g/mol. The van der Waals surface area contributed by atoms with Crippen molar-refractivity contribution in [2.75, 3.05) is 13.2 Å². The number of fused-ring (bicyclic) bond motifs is 2. The van der Waals surface area contributed by atoms with E-state index >= 15 is 0 Å². The Morgan fingerprint density at radius 1 is 0.677 bits per heavy atom. The number of rotatable bonds is 36. The minimum atomic E-state index is -5.18. The summed E-state index contributed by atoms with van der Waals surface area (Å²) in [5.41, 5.74) is 0. The molecule has 0 amide bonds. The van der Waals surface area contributed by atoms with Crippen LogP contribution in [-0.2, 0) is 47.3 Å². The second-order valence-corrected chi connectivity index (χ2v) is 19.2. The lowest BCUT2D eigenvalue weighted by Crippen LogP contribution is -2.64. The highest BCUT2D eigenvalue weighted by atomic mass is 31.2. The first-order chi connectivity index (χ1) is 31.3. The number of hydrogen-bond acceptors (Lipinski definition) is 16. The van der Waals surface area contributed by atoms with Gasteiger partial charge < -0.3 is 39.9 Å². The first-order valence-electron chi connectivity index (χ1n) is 24.3. The van der Waals surface area contributed by atoms with Crippen LogP contribution in [0.15, 0.2) is 36.5 Å². The second kappa shape index (κ2) is 32.6. The molecule has 2 bridgehead atoms. The number of phosphoric acid groups is 1. The van der Waals surface area contributed by atoms with Crippen molar-refractivity contribution in [3.63, 3.8) is 0 Å². The molecule has 0 aromatic heterocycles. The third-order valence-corrected chi connectivity index (χ3v) is 13.4. The van der Waals surface area contributed by atoms with Crippen molar-refractivity contribution in [1.82, 2.24) is 0 Å². The number of aliphatic hydroxyl groups is 5. The topological polar surface area (TPSA) is 257 Å². The highest BCUT2D eigenvalue weighted by molar-refractivity contribution is 7.47. The summed E-state index contributed by atoms with van der Waals surface area (Å²) >= 11 is 0. The van der Waals surface area contributed by atoms with Crippen molar-refractivity contribution in [2.24, 2.45) is 11.8 Å². The van der Waals surface area contributed by atoms with Gasteiger partial charge in [-0.3, -0.25) is 23.9 Å². The van der Waals surface area contributed by atoms with Crippen molar-refractivity contribution < 1.29 is 83.0 Å². The third kappa shape index (κ3) is 21.8. The van der Waals surface area contributed by atoms with Gasteiger partial charge >= 0.3 is 19.8 Å². The molecule has 0 aromatic carbocycles. The van der Waals surface area contributed by atoms with Crippen LogP contribution in [0.2, 0.25) is 0 Å². The molecule has 0 spiro atoms. The number of hydrogen-bond donors (Lipinski definition) is 7. The van der Waals surface area contributed by atoms with Crippen LogP contribution in [0.1, 0.15) is 162 Å². The van der Waals surface area contributed by atoms with Gasteiger partial charge in [0.05, 0.1) is 12.7 Å². The Hall–Kier alpha value is -2.09. The van der Waals surface area contributed by atoms with Gasteiger partial charge in [0.15, 0.2) is 6.10 Å². The Balaban J connectivity index is 1.44. The van der Waals surface area contributed by atoms with Crippen molar-refractivity contribution >= 4 is 19.8 Å². The van der Waals surface area contributed by atoms with Crippen LogP contribution >= 0.6 is 7.82 Å². The Labute approximate surface area is 386 Å². The van der Waals surface area contributed by atoms with E-state index in [0.29, 0.717) is 25.7 Å². The maximum atomic E-state index is 12.9. The highest BCUT2D eigenvalue weighted by Crippen LogP contribution is 2.47. The normalized spacial score (nSPS) is 28.6. The smallest absolute Gasteiger partial charge is 0.462 e. The Morgan fingerprint density at radius 3 is 1.89 bits per heavy atom. The Bertz CT molecular complexity index is 1430. The summed E-state index contributed by atoms with van der Waals surface area (Å²) in [6.45, 7) is 3.05. The lowest BCUT2D eigenvalue weighted by molar-refractivity contribution is -0.336. The SMILES string of the molecule is CCCCCCCC/C=C\CCCCCCCC(=O)OCC(COP(=O)(O)OC1C(O)C(O)C(O)C(O)C1O)OC(=O)CCC/C=C\CC1C2CC(OO2)C1/C=C/C(CCCCC)OO. The minimum absolute atomic E-state index is 0.0351. The van der Waals surface area contributed by atoms with Crippen LogP contribution < -0.4 is 0 Å². The molecule has 3 aliphatic rings. The number of unbranched alkanes of at least 4 members (excludes halogenated alkanes) is 14. The molecule has 0 radical (unpaired) electrons. The summed E-state index contributed by atoms with van der Waals surface area (Å²) in [6.07, 6.45) is 19.2. The van der Waals surface area contributed by atoms with E-state index in [-0.39, 0.29) is 43.0 Å². The van der Waals surface area contributed by atoms with Crippen LogP contribution in [0.5, 0.6) is 0 Å². The second-order valence-electron chi connectivity index (χ2n) is 17.8. The van der Waals surface area contributed by atoms with E-state index < -0.39 is 75.7 Å². The summed E-state index contributed by atoms with van der Waals surface area (Å²) in [5.74, 6) is -0.975. The molecule has 65 heavy (non-hydrogen) atoms. The van der Waals surface area contributed by atoms with Crippen molar-refractivity contribution in [2.45, 2.75) is 223 Å². The van der Waals surface area contributed by atoms with Crippen LogP contribution in [0.25, 0.3) is 0 Å². The largest absolute Gasteiger partial charge is 0.472 e. The molecule has 376 valence electrons. The maximum absolute atomic E-state index is 12.9. The first-order valence-corrected chi connectivity index (χ1v) is 25.8. The monoisotopic (exact) mass is 949 g/mol. The fourth-order valence-electron chi connectivity index (χ4n) is 8.43. The molecule has 2 saturated carbocycles. The van der Waals surface area contributed by atoms with Crippen molar-refractivity contribution in [1.29, 1.82) is 0 Å². The zero-order chi connectivity index (χ0) is 47.5. The quantitative estimate of drug-likeness (QED) is 0.00815. The first kappa shape index (κ1) is 57.2. The summed E-state index contributed by atoms with van der Waals surface area (Å²) in [7, 11) is -5.18. The number of phosphoric ester groups is 1. The summed E-state index contributed by atoms with van der Waals surface area (Å²) in [6, 6.07) is 0. The molecule has 7 N–H and O–H groups in total. The Morgan fingerprint density at radius 2 is 1.23 bits per heavy atom. The molecule has 18 heteroatoms. The number of carbonyl (C=O) groups excluding carboxylic acids is 2. The van der Waals surface area contributed by atoms with Gasteiger partial charge in [-0.15, -0.1) is 0 Å². The van der Waals surface area contributed by atoms with Gasteiger partial charge in [-0.1, -0.05) is 121 Å². The van der Waals surface area contributed by atoms with E-state index in [0.717, 1.165) is 70.6 Å². The van der Waals surface area contributed by atoms with Gasteiger partial charge in [-0.05, 0) is 57.8 Å². The molecule has 11 unspecified atom stereocenters. The number of carbonyl (C=O) groups is 2. The van der Waals surface area contributed by atoms with Crippen LogP contribution in [0.4, 0.5) is 0 Å². The van der Waals surface area contributed by atoms with Gasteiger partial charge in [-0.25, -0.2) is 19.2 Å². The average Bonchev–Trinajstić information content (AvgIpc) is 3.90. The molecule has 17 nitrogen and oxygen atoms in total. The van der Waals surface area contributed by atoms with Crippen LogP contribution in [0, 0.1) is 11.8 Å². The zero-order valence-electron chi connectivity index (χ0n) is 38.7. The van der Waals surface area contributed by atoms with E-state index in [9.17, 15) is 49.8 Å². The number of aliphatic hydroxyl groups excluding tert-OH is 5. The van der Waals surface area contributed by atoms with E-state index in [4.69, 9.17) is 28.3 Å². The molecular weight excluding hydrogens is 867 g/mol. The van der Waals surface area contributed by atoms with Crippen molar-refractivity contribution in [3.8, 4) is 0 Å². The summed E-state index contributed by atoms with van der Waals surface area (Å²) < 4.78 is 33.7. The third-order valence-electron chi connectivity index (χ3n) is 12.4. The van der Waals surface area contributed by atoms with E-state index in [1.165, 1.54) is 38.5 Å². The highest BCUT2D eigenvalue weighted by Gasteiger charge is 2.52. The molecule has 2 aliphatic carbocycles. The molecule has 1 heterocycles. The molecule has 3 rings (SSSR count). The standard InChI is InChI=1S/C47H81O17P/c1-3-5-7-8-9-10-11-12-13-14-15-16-17-18-23-27-40(48)58-32-35(33-59-65(56,57)64-47-45(53)43(51)42(50)44(52)46(47)54)60-41(49)28-24-20-19-22-26-36-37(39-31-38(36)62-63-39)30-29-34(61-55)25-21-6-4-2/h12-13,19,22,29-30,34-39,42-47,50-55H,3-11,14-18,20-21,23-28,31-33H2,1-2H3,(H,56,57)/b13-12-,22-19-,30-29+. The molecule has 11 atom stereocenters. The fourth-order valence-corrected chi connectivity index (χ4v) is 9.40. The van der Waals surface area contributed by atoms with E-state index in [1.807, 2.05) is 18.2 Å². The lowest BCUT2D eigenvalue weighted by atomic mass is 9.85. The molecule has 1 aliphatic heterocycles. The molecule has 1 saturated heterocycles. The Kier molecular flexibility index (Phi) is 28.7. The van der Waals surface area contributed by atoms with E-state index in [1.54, 1.807) is 0 Å². The van der Waals surface area contributed by atoms with Gasteiger partial charge in [0.25, 0.3) is 0 Å². The molecular formula is C47H81O17P. The summed E-state index contributed by atoms with van der Waals surface area (Å²) in [4.78, 5) is 51.7. The summed E-state index contributed by atoms with van der Waals surface area (Å²) in [5, 5.41) is 59.7. The lowest BCUT2D eigenvalue weighted by Gasteiger charge is -2.41. The van der Waals surface area contributed by atoms with E-state index in [2.05, 4.69) is 37.0 Å². The van der Waals surface area contributed by atoms with Crippen LogP contribution in [-0.4, -0.2) is 122 Å². The number of esters is 2. The predicted molar refractivity (Wildman–Crippen MR) is 241 cm³/mol. The number of allylic oxidation sites excluding steroid dienone is 4. The predicted octanol–water partition coefficient (Wildman–Crippen LogP) is 7.25. The maximum Gasteiger partial charge on any atom is 0.472 e. The fraction of sp³-hybridized carbons (Fsp3) is 0.830. The van der Waals surface area contributed by atoms with Gasteiger partial charge in [0.2, 0.25) is 0 Å². The molecule has 0 aromatic rings. The number of ether oxygens (including phenoxy) is 2. The molecule has 3 fully saturated rings. The van der Waals surface area contributed by atoms with Gasteiger partial charge in [0.1, 0.15) is 55.4 Å². The van der Waals surface area contributed by atoms with Crippen molar-refractivity contribution in [3.05, 3.63) is 36.5 Å². The zero-order valence-corrected chi connectivity index (χ0v) is 39.6. The minimum Gasteiger partial charge on any atom is -0.462 e. The van der Waals surface area contributed by atoms with Gasteiger partial charge in [-0.2, -0.15) is 0 Å².